The van der Waals surface area contributed by atoms with Crippen molar-refractivity contribution >= 4 is 0 Å². The summed E-state index contributed by atoms with van der Waals surface area (Å²) in [4.78, 5) is 0. The molecule has 0 radical (unpaired) electrons. The molecule has 0 aliphatic heterocycles. The first kappa shape index (κ1) is 15.0. The third-order valence-corrected chi connectivity index (χ3v) is 4.25. The minimum atomic E-state index is 0.445. The van der Waals surface area contributed by atoms with E-state index in [4.69, 9.17) is 10.5 Å². The van der Waals surface area contributed by atoms with Gasteiger partial charge >= 0.3 is 0 Å². The summed E-state index contributed by atoms with van der Waals surface area (Å²) in [5.41, 5.74) is 6.06. The first-order valence-corrected chi connectivity index (χ1v) is 7.61. The Bertz CT molecular complexity index is 184. The highest BCUT2D eigenvalue weighted by molar-refractivity contribution is 4.79. The Hall–Kier alpha value is -0.0800. The van der Waals surface area contributed by atoms with E-state index in [9.17, 15) is 0 Å². The zero-order chi connectivity index (χ0) is 12.5. The highest BCUT2D eigenvalue weighted by Crippen LogP contribution is 2.26. The van der Waals surface area contributed by atoms with E-state index in [-0.39, 0.29) is 0 Å². The van der Waals surface area contributed by atoms with Gasteiger partial charge < -0.3 is 10.5 Å². The Kier molecular flexibility index (Phi) is 7.87. The average Bonchev–Trinajstić information content (AvgIpc) is 2.74. The van der Waals surface area contributed by atoms with Crippen LogP contribution in [0.25, 0.3) is 0 Å². The normalized spacial score (nSPS) is 26.3. The lowest BCUT2D eigenvalue weighted by atomic mass is 10.00. The van der Waals surface area contributed by atoms with Crippen molar-refractivity contribution in [3.05, 3.63) is 0 Å². The van der Waals surface area contributed by atoms with Crippen LogP contribution in [0.1, 0.15) is 65.2 Å². The van der Waals surface area contributed by atoms with Crippen molar-refractivity contribution in [1.82, 2.24) is 0 Å². The molecule has 3 atom stereocenters. The molecule has 1 saturated carbocycles. The zero-order valence-corrected chi connectivity index (χ0v) is 11.8. The topological polar surface area (TPSA) is 35.2 Å². The van der Waals surface area contributed by atoms with E-state index in [0.29, 0.717) is 6.04 Å². The van der Waals surface area contributed by atoms with Crippen LogP contribution in [0, 0.1) is 11.8 Å². The van der Waals surface area contributed by atoms with E-state index in [1.54, 1.807) is 0 Å². The molecule has 2 N–H and O–H groups in total. The molecule has 17 heavy (non-hydrogen) atoms. The molecule has 0 aromatic carbocycles. The lowest BCUT2D eigenvalue weighted by Crippen LogP contribution is -2.25. The number of rotatable bonds is 9. The Morgan fingerprint density at radius 2 is 2.12 bits per heavy atom. The molecule has 2 heteroatoms. The van der Waals surface area contributed by atoms with Crippen molar-refractivity contribution in [2.75, 3.05) is 13.2 Å². The summed E-state index contributed by atoms with van der Waals surface area (Å²) in [6.07, 6.45) is 10.3. The second-order valence-corrected chi connectivity index (χ2v) is 5.63. The maximum atomic E-state index is 6.06. The molecule has 2 nitrogen and oxygen atoms in total. The Balaban J connectivity index is 2.01. The minimum absolute atomic E-state index is 0.445. The van der Waals surface area contributed by atoms with Crippen LogP contribution in [0.2, 0.25) is 0 Å². The third-order valence-electron chi connectivity index (χ3n) is 4.25. The van der Waals surface area contributed by atoms with Gasteiger partial charge in [0.15, 0.2) is 0 Å². The summed E-state index contributed by atoms with van der Waals surface area (Å²) in [6.45, 7) is 6.41. The van der Waals surface area contributed by atoms with E-state index < -0.39 is 0 Å². The van der Waals surface area contributed by atoms with Crippen LogP contribution in [-0.4, -0.2) is 19.3 Å². The molecule has 1 rings (SSSR count). The Labute approximate surface area is 107 Å². The van der Waals surface area contributed by atoms with Crippen LogP contribution < -0.4 is 5.73 Å². The summed E-state index contributed by atoms with van der Waals surface area (Å²) in [7, 11) is 0. The third kappa shape index (κ3) is 5.87. The molecule has 0 amide bonds. The minimum Gasteiger partial charge on any atom is -0.381 e. The molecule has 0 heterocycles. The highest BCUT2D eigenvalue weighted by Gasteiger charge is 2.23. The molecule has 0 saturated heterocycles. The largest absolute Gasteiger partial charge is 0.381 e. The van der Waals surface area contributed by atoms with Crippen LogP contribution in [0.5, 0.6) is 0 Å². The second-order valence-electron chi connectivity index (χ2n) is 5.63. The highest BCUT2D eigenvalue weighted by atomic mass is 16.5. The van der Waals surface area contributed by atoms with Gasteiger partial charge in [-0.15, -0.1) is 0 Å². The lowest BCUT2D eigenvalue weighted by Gasteiger charge is -2.17. The molecule has 3 unspecified atom stereocenters. The summed E-state index contributed by atoms with van der Waals surface area (Å²) in [5, 5.41) is 0. The number of hydrogen-bond acceptors (Lipinski definition) is 2. The van der Waals surface area contributed by atoms with Gasteiger partial charge in [-0.2, -0.15) is 0 Å². The van der Waals surface area contributed by atoms with Gasteiger partial charge in [-0.3, -0.25) is 0 Å². The summed E-state index contributed by atoms with van der Waals surface area (Å²) < 4.78 is 5.84. The molecule has 0 aromatic heterocycles. The molecular weight excluding hydrogens is 210 g/mol. The fourth-order valence-corrected chi connectivity index (χ4v) is 2.81. The molecular formula is C15H31NO. The molecule has 0 spiro atoms. The van der Waals surface area contributed by atoms with Gasteiger partial charge in [0.2, 0.25) is 0 Å². The van der Waals surface area contributed by atoms with Gasteiger partial charge in [0.1, 0.15) is 0 Å². The molecule has 102 valence electrons. The van der Waals surface area contributed by atoms with Crippen LogP contribution in [0.3, 0.4) is 0 Å². The van der Waals surface area contributed by atoms with Crippen LogP contribution >= 0.6 is 0 Å². The predicted octanol–water partition coefficient (Wildman–Crippen LogP) is 3.74. The zero-order valence-electron chi connectivity index (χ0n) is 11.8. The van der Waals surface area contributed by atoms with Gasteiger partial charge in [-0.25, -0.2) is 0 Å². The quantitative estimate of drug-likeness (QED) is 0.624. The van der Waals surface area contributed by atoms with Gasteiger partial charge in [0, 0.05) is 19.3 Å². The van der Waals surface area contributed by atoms with Crippen LogP contribution in [-0.2, 0) is 4.74 Å². The monoisotopic (exact) mass is 241 g/mol. The van der Waals surface area contributed by atoms with Gasteiger partial charge in [-0.05, 0) is 37.5 Å². The number of nitrogens with two attached hydrogens (primary N) is 1. The number of hydrogen-bond donors (Lipinski definition) is 1. The van der Waals surface area contributed by atoms with Crippen molar-refractivity contribution in [1.29, 1.82) is 0 Å². The van der Waals surface area contributed by atoms with E-state index in [2.05, 4.69) is 13.8 Å². The first-order chi connectivity index (χ1) is 8.27. The average molecular weight is 241 g/mol. The SMILES string of the molecule is CCCCC(CC)COCCC1CCCC1N. The van der Waals surface area contributed by atoms with E-state index in [0.717, 1.165) is 25.0 Å². The van der Waals surface area contributed by atoms with Gasteiger partial charge in [0.25, 0.3) is 0 Å². The fraction of sp³-hybridized carbons (Fsp3) is 1.00. The molecule has 0 aromatic rings. The number of unbranched alkanes of at least 4 members (excludes halogenated alkanes) is 1. The van der Waals surface area contributed by atoms with E-state index in [1.165, 1.54) is 51.4 Å². The van der Waals surface area contributed by atoms with Crippen LogP contribution in [0.15, 0.2) is 0 Å². The number of ether oxygens (including phenoxy) is 1. The molecule has 0 bridgehead atoms. The Morgan fingerprint density at radius 1 is 1.29 bits per heavy atom. The summed E-state index contributed by atoms with van der Waals surface area (Å²) in [6, 6.07) is 0.445. The van der Waals surface area contributed by atoms with E-state index in [1.807, 2.05) is 0 Å². The fourth-order valence-electron chi connectivity index (χ4n) is 2.81. The molecule has 1 fully saturated rings. The first-order valence-electron chi connectivity index (χ1n) is 7.61. The van der Waals surface area contributed by atoms with Crippen LogP contribution in [0.4, 0.5) is 0 Å². The standard InChI is InChI=1S/C15H31NO/c1-3-5-7-13(4-2)12-17-11-10-14-8-6-9-15(14)16/h13-15H,3-12,16H2,1-2H3. The van der Waals surface area contributed by atoms with E-state index >= 15 is 0 Å². The van der Waals surface area contributed by atoms with Crippen molar-refractivity contribution in [2.45, 2.75) is 71.3 Å². The smallest absolute Gasteiger partial charge is 0.0494 e. The molecule has 1 aliphatic carbocycles. The predicted molar refractivity (Wildman–Crippen MR) is 74.1 cm³/mol. The lowest BCUT2D eigenvalue weighted by molar-refractivity contribution is 0.0827. The molecule has 1 aliphatic rings. The van der Waals surface area contributed by atoms with Crippen molar-refractivity contribution in [2.24, 2.45) is 17.6 Å². The van der Waals surface area contributed by atoms with Crippen molar-refractivity contribution < 1.29 is 4.74 Å². The summed E-state index contributed by atoms with van der Waals surface area (Å²) in [5.74, 6) is 1.50. The maximum absolute atomic E-state index is 6.06. The van der Waals surface area contributed by atoms with Gasteiger partial charge in [0.05, 0.1) is 0 Å². The second kappa shape index (κ2) is 8.93. The maximum Gasteiger partial charge on any atom is 0.0494 e. The van der Waals surface area contributed by atoms with Crippen molar-refractivity contribution in [3.63, 3.8) is 0 Å². The summed E-state index contributed by atoms with van der Waals surface area (Å²) >= 11 is 0. The van der Waals surface area contributed by atoms with Gasteiger partial charge in [-0.1, -0.05) is 39.5 Å². The Morgan fingerprint density at radius 3 is 2.71 bits per heavy atom. The van der Waals surface area contributed by atoms with Crippen molar-refractivity contribution in [3.8, 4) is 0 Å².